The van der Waals surface area contributed by atoms with Crippen LogP contribution in [0.4, 0.5) is 0 Å². The monoisotopic (exact) mass is 402 g/mol. The van der Waals surface area contributed by atoms with Gasteiger partial charge in [-0.2, -0.15) is 0 Å². The molecule has 118 valence electrons. The first kappa shape index (κ1) is 52.0. The van der Waals surface area contributed by atoms with Crippen molar-refractivity contribution < 1.29 is 19.5 Å². The Kier molecular flexibility index (Phi) is 702. The molecule has 0 rings (SSSR count). The van der Waals surface area contributed by atoms with Crippen molar-refractivity contribution in [3.8, 4) is 0 Å². The van der Waals surface area contributed by atoms with Crippen molar-refractivity contribution in [2.24, 2.45) is 32.0 Å². The van der Waals surface area contributed by atoms with Crippen LogP contribution in [0.15, 0.2) is 32.0 Å². The fraction of sp³-hybridized carbons (Fsp3) is 0. The second kappa shape index (κ2) is 270. The average Bonchev–Trinajstić information content (AvgIpc) is 2.23. The largest absolute Gasteiger partial charge is 0.444 e. The SMILES string of the molecule is O=N[O-].O=N[O-].O=N[O-].O=N[O-].O=N[O-].O=N[O-].[Na].[Rh]. The van der Waals surface area contributed by atoms with Crippen LogP contribution in [0.1, 0.15) is 0 Å². The minimum absolute atomic E-state index is 0. The van der Waals surface area contributed by atoms with Gasteiger partial charge in [0.25, 0.3) is 0 Å². The maximum Gasteiger partial charge on any atom is 0 e. The van der Waals surface area contributed by atoms with Gasteiger partial charge in [-0.25, -0.2) is 0 Å². The van der Waals surface area contributed by atoms with E-state index in [2.05, 4.69) is 0 Å². The molecule has 18 nitrogen and oxygen atoms in total. The molecule has 0 fully saturated rings. The topological polar surface area (TPSA) is 315 Å². The molecule has 0 saturated carbocycles. The number of hydrogen-bond donors (Lipinski definition) is 0. The fourth-order valence-electron chi connectivity index (χ4n) is 0. The smallest absolute Gasteiger partial charge is 0 e. The third-order valence-corrected chi connectivity index (χ3v) is 0. The Hall–Kier alpha value is -1.98. The third kappa shape index (κ3) is 926. The van der Waals surface area contributed by atoms with Gasteiger partial charge in [-0.3, -0.25) is 0 Å². The van der Waals surface area contributed by atoms with Crippen LogP contribution in [0.3, 0.4) is 0 Å². The molecule has 20 heteroatoms. The second-order valence-corrected chi connectivity index (χ2v) is 0.447. The van der Waals surface area contributed by atoms with Crippen LogP contribution in [0.2, 0.25) is 0 Å². The van der Waals surface area contributed by atoms with Gasteiger partial charge >= 0.3 is 0 Å². The third-order valence-electron chi connectivity index (χ3n) is 0. The summed E-state index contributed by atoms with van der Waals surface area (Å²) in [7, 11) is 0. The van der Waals surface area contributed by atoms with E-state index in [0.717, 1.165) is 32.0 Å². The minimum atomic E-state index is 0. The molecule has 0 aliphatic rings. The zero-order chi connectivity index (χ0) is 16.2. The molecule has 0 aromatic carbocycles. The first-order chi connectivity index (χ1) is 8.49. The van der Waals surface area contributed by atoms with Crippen molar-refractivity contribution in [1.29, 1.82) is 0 Å². The molecule has 0 amide bonds. The van der Waals surface area contributed by atoms with Crippen molar-refractivity contribution in [3.63, 3.8) is 0 Å². The quantitative estimate of drug-likeness (QED) is 0.312. The van der Waals surface area contributed by atoms with Crippen LogP contribution in [0.25, 0.3) is 0 Å². The second-order valence-electron chi connectivity index (χ2n) is 0.447. The van der Waals surface area contributed by atoms with Gasteiger partial charge in [-0.05, 0) is 0 Å². The zero-order valence-corrected chi connectivity index (χ0v) is 12.6. The van der Waals surface area contributed by atoms with Gasteiger partial charge in [0.05, 0.1) is 0 Å². The van der Waals surface area contributed by atoms with E-state index < -0.39 is 0 Å². The standard InChI is InChI=1S/6HNO2.Na.Rh/c6*2-1-3;;/h6*(H,2,3);;/p-6. The average molecular weight is 402 g/mol. The molecule has 20 heavy (non-hydrogen) atoms. The van der Waals surface area contributed by atoms with E-state index >= 15 is 0 Å². The summed E-state index contributed by atoms with van der Waals surface area (Å²) in [6.07, 6.45) is 0. The molecule has 0 aromatic rings. The van der Waals surface area contributed by atoms with E-state index in [0.29, 0.717) is 0 Å². The van der Waals surface area contributed by atoms with E-state index in [-0.39, 0.29) is 49.0 Å². The summed E-state index contributed by atoms with van der Waals surface area (Å²) in [5, 5.41) is 54.0. The van der Waals surface area contributed by atoms with Crippen LogP contribution >= 0.6 is 0 Å². The molecule has 0 unspecified atom stereocenters. The van der Waals surface area contributed by atoms with E-state index in [4.69, 9.17) is 60.7 Å². The van der Waals surface area contributed by atoms with Gasteiger partial charge in [0.2, 0.25) is 0 Å². The summed E-state index contributed by atoms with van der Waals surface area (Å²) in [6, 6.07) is 0. The number of rotatable bonds is 0. The number of hydrogen-bond acceptors (Lipinski definition) is 18. The van der Waals surface area contributed by atoms with Crippen LogP contribution in [-0.2, 0) is 19.5 Å². The summed E-state index contributed by atoms with van der Waals surface area (Å²) in [5.74, 6) is 0. The molecular formula is N6NaO12Rh-6. The Labute approximate surface area is 141 Å². The molecule has 0 aromatic heterocycles. The Bertz CT molecular complexity index is 119. The van der Waals surface area contributed by atoms with Crippen molar-refractivity contribution in [2.45, 2.75) is 0 Å². The first-order valence-electron chi connectivity index (χ1n) is 2.19. The van der Waals surface area contributed by atoms with Crippen molar-refractivity contribution in [2.75, 3.05) is 0 Å². The van der Waals surface area contributed by atoms with E-state index in [1.165, 1.54) is 0 Å². The number of nitrogens with zero attached hydrogens (tertiary/aromatic N) is 6. The molecule has 0 heterocycles. The van der Waals surface area contributed by atoms with Gasteiger partial charge in [0, 0.05) is 49.0 Å². The van der Waals surface area contributed by atoms with Gasteiger partial charge < -0.3 is 60.7 Å². The van der Waals surface area contributed by atoms with E-state index in [1.54, 1.807) is 0 Å². The maximum absolute atomic E-state index is 8.00. The van der Waals surface area contributed by atoms with E-state index in [1.807, 2.05) is 0 Å². The molecule has 0 saturated heterocycles. The van der Waals surface area contributed by atoms with Gasteiger partial charge in [0.1, 0.15) is 0 Å². The Morgan fingerprint density at radius 2 is 0.400 bits per heavy atom. The zero-order valence-electron chi connectivity index (χ0n) is 8.92. The molecule has 0 aliphatic carbocycles. The summed E-state index contributed by atoms with van der Waals surface area (Å²) in [6.45, 7) is 0. The Balaban J connectivity index is -0.0000000141. The summed E-state index contributed by atoms with van der Waals surface area (Å²) in [5.41, 5.74) is 0. The normalized spacial score (nSPS) is 3.60. The molecule has 0 spiro atoms. The fourth-order valence-corrected chi connectivity index (χ4v) is 0. The Morgan fingerprint density at radius 1 is 0.400 bits per heavy atom. The first-order valence-corrected chi connectivity index (χ1v) is 2.19. The van der Waals surface area contributed by atoms with Gasteiger partial charge in [0.15, 0.2) is 0 Å². The molecule has 0 N–H and O–H groups in total. The van der Waals surface area contributed by atoms with E-state index in [9.17, 15) is 0 Å². The molecule has 0 aliphatic heterocycles. The van der Waals surface area contributed by atoms with Crippen LogP contribution in [-0.4, -0.2) is 29.6 Å². The molecular weight excluding hydrogens is 402 g/mol. The van der Waals surface area contributed by atoms with Crippen molar-refractivity contribution in [3.05, 3.63) is 60.7 Å². The molecule has 2 radical (unpaired) electrons. The molecule has 0 bridgehead atoms. The predicted molar refractivity (Wildman–Crippen MR) is 60.7 cm³/mol. The van der Waals surface area contributed by atoms with Crippen LogP contribution < -0.4 is 0 Å². The van der Waals surface area contributed by atoms with Gasteiger partial charge in [-0.1, -0.05) is 0 Å². The van der Waals surface area contributed by atoms with Crippen LogP contribution in [0, 0.1) is 60.7 Å². The van der Waals surface area contributed by atoms with Crippen molar-refractivity contribution in [1.82, 2.24) is 0 Å². The maximum atomic E-state index is 8.00. The predicted octanol–water partition coefficient (Wildman–Crippen LogP) is 1.12. The summed E-state index contributed by atoms with van der Waals surface area (Å²) in [4.78, 5) is 48.0. The Morgan fingerprint density at radius 3 is 0.400 bits per heavy atom. The van der Waals surface area contributed by atoms with Crippen LogP contribution in [0.5, 0.6) is 0 Å². The van der Waals surface area contributed by atoms with Crippen molar-refractivity contribution >= 4 is 29.6 Å². The molecule has 0 atom stereocenters. The summed E-state index contributed by atoms with van der Waals surface area (Å²) >= 11 is 0. The summed E-state index contributed by atoms with van der Waals surface area (Å²) < 4.78 is 0. The minimum Gasteiger partial charge on any atom is -0.444 e. The van der Waals surface area contributed by atoms with Gasteiger partial charge in [-0.15, -0.1) is 32.0 Å².